The van der Waals surface area contributed by atoms with Gasteiger partial charge in [-0.3, -0.25) is 14.5 Å². The quantitative estimate of drug-likeness (QED) is 0.718. The molecule has 1 spiro atoms. The molecule has 0 aromatic heterocycles. The summed E-state index contributed by atoms with van der Waals surface area (Å²) in [6.07, 6.45) is 8.63. The van der Waals surface area contributed by atoms with Crippen LogP contribution in [-0.2, 0) is 16.1 Å². The third-order valence-corrected chi connectivity index (χ3v) is 9.67. The summed E-state index contributed by atoms with van der Waals surface area (Å²) in [5, 5.41) is 12.9. The van der Waals surface area contributed by atoms with Gasteiger partial charge in [0.25, 0.3) is 0 Å². The largest absolute Gasteiger partial charge is 0.508 e. The fraction of sp³-hybridized carbons (Fsp3) is 0.692. The number of piperazine rings is 1. The second-order valence-corrected chi connectivity index (χ2v) is 11.5. The first kappa shape index (κ1) is 20.5. The molecule has 1 heterocycles. The van der Waals surface area contributed by atoms with Gasteiger partial charge >= 0.3 is 0 Å². The predicted octanol–water partition coefficient (Wildman–Crippen LogP) is 2.76. The van der Waals surface area contributed by atoms with E-state index in [1.807, 2.05) is 23.1 Å². The third-order valence-electron chi connectivity index (χ3n) is 9.67. The molecule has 5 atom stereocenters. The van der Waals surface area contributed by atoms with Crippen molar-refractivity contribution in [3.05, 3.63) is 29.8 Å². The Bertz CT molecular complexity index is 923. The van der Waals surface area contributed by atoms with Crippen molar-refractivity contribution in [2.45, 2.75) is 51.5 Å². The van der Waals surface area contributed by atoms with Crippen molar-refractivity contribution < 1.29 is 14.7 Å². The molecule has 2 amide bonds. The molecule has 6 heteroatoms. The van der Waals surface area contributed by atoms with Gasteiger partial charge in [0, 0.05) is 44.7 Å². The normalized spacial score (nSPS) is 37.2. The van der Waals surface area contributed by atoms with E-state index < -0.39 is 0 Å². The number of benzene rings is 1. The molecule has 5 unspecified atom stereocenters. The second kappa shape index (κ2) is 7.47. The topological polar surface area (TPSA) is 72.9 Å². The van der Waals surface area contributed by atoms with Crippen LogP contribution in [0.25, 0.3) is 0 Å². The molecule has 1 aromatic carbocycles. The molecule has 1 aliphatic heterocycles. The Morgan fingerprint density at radius 3 is 2.66 bits per heavy atom. The van der Waals surface area contributed by atoms with Gasteiger partial charge < -0.3 is 15.3 Å². The molecular weight excluding hydrogens is 402 g/mol. The summed E-state index contributed by atoms with van der Waals surface area (Å²) in [5.41, 5.74) is 1.75. The SMILES string of the molecule is O=C(CC12CC3CC4CC(C1)C4(C3)C2)NCC(=O)N1CCN(Cc2ccccc2O)CC1. The fourth-order valence-corrected chi connectivity index (χ4v) is 8.47. The van der Waals surface area contributed by atoms with Gasteiger partial charge in [0.2, 0.25) is 11.8 Å². The number of hydrogen-bond acceptors (Lipinski definition) is 4. The highest BCUT2D eigenvalue weighted by atomic mass is 16.3. The lowest BCUT2D eigenvalue weighted by Crippen LogP contribution is -2.51. The number of nitrogens with zero attached hydrogens (tertiary/aromatic N) is 2. The van der Waals surface area contributed by atoms with Gasteiger partial charge in [0.1, 0.15) is 5.75 Å². The van der Waals surface area contributed by atoms with Gasteiger partial charge in [-0.2, -0.15) is 0 Å². The molecular formula is C26H35N3O3. The molecule has 2 N–H and O–H groups in total. The number of phenols is 1. The van der Waals surface area contributed by atoms with E-state index in [0.717, 1.165) is 36.4 Å². The van der Waals surface area contributed by atoms with Crippen LogP contribution in [0.15, 0.2) is 24.3 Å². The minimum Gasteiger partial charge on any atom is -0.508 e. The Hall–Kier alpha value is -2.08. The van der Waals surface area contributed by atoms with Crippen molar-refractivity contribution >= 4 is 11.8 Å². The molecule has 0 radical (unpaired) electrons. The maximum atomic E-state index is 12.8. The van der Waals surface area contributed by atoms with Crippen LogP contribution < -0.4 is 5.32 Å². The number of carbonyl (C=O) groups is 2. The van der Waals surface area contributed by atoms with Gasteiger partial charge in [-0.15, -0.1) is 0 Å². The van der Waals surface area contributed by atoms with Crippen LogP contribution in [0.4, 0.5) is 0 Å². The lowest BCUT2D eigenvalue weighted by atomic mass is 9.55. The Labute approximate surface area is 190 Å². The van der Waals surface area contributed by atoms with E-state index in [0.29, 0.717) is 37.2 Å². The molecule has 6 nitrogen and oxygen atoms in total. The van der Waals surface area contributed by atoms with E-state index in [9.17, 15) is 14.7 Å². The van der Waals surface area contributed by atoms with E-state index in [1.54, 1.807) is 6.07 Å². The molecule has 5 aliphatic rings. The molecule has 1 aromatic rings. The maximum absolute atomic E-state index is 12.8. The van der Waals surface area contributed by atoms with Gasteiger partial charge in [-0.05, 0) is 73.2 Å². The van der Waals surface area contributed by atoms with Gasteiger partial charge in [0.15, 0.2) is 0 Å². The number of rotatable bonds is 6. The summed E-state index contributed by atoms with van der Waals surface area (Å²) in [6, 6.07) is 7.41. The Kier molecular flexibility index (Phi) is 4.79. The standard InChI is InChI=1S/C26H35N3O3/c30-22-4-2-1-3-19(22)16-28-5-7-29(8-6-28)24(32)15-27-23(31)14-25-11-18-9-20-10-21(13-25)26(20,12-18)17-25/h1-4,18,20-21,30H,5-17H2,(H,27,31). The van der Waals surface area contributed by atoms with Crippen LogP contribution >= 0.6 is 0 Å². The molecule has 6 rings (SSSR count). The second-order valence-electron chi connectivity index (χ2n) is 11.5. The fourth-order valence-electron chi connectivity index (χ4n) is 8.47. The average Bonchev–Trinajstić information content (AvgIpc) is 3.09. The number of amides is 2. The maximum Gasteiger partial charge on any atom is 0.242 e. The lowest BCUT2D eigenvalue weighted by molar-refractivity contribution is -0.135. The van der Waals surface area contributed by atoms with Crippen molar-refractivity contribution in [2.75, 3.05) is 32.7 Å². The van der Waals surface area contributed by atoms with Crippen molar-refractivity contribution in [3.63, 3.8) is 0 Å². The monoisotopic (exact) mass is 437 g/mol. The van der Waals surface area contributed by atoms with Crippen LogP contribution in [0, 0.1) is 28.6 Å². The average molecular weight is 438 g/mol. The zero-order valence-corrected chi connectivity index (χ0v) is 18.9. The zero-order valence-electron chi connectivity index (χ0n) is 18.9. The first-order chi connectivity index (χ1) is 15.4. The summed E-state index contributed by atoms with van der Waals surface area (Å²) in [6.45, 7) is 3.71. The van der Waals surface area contributed by atoms with Gasteiger partial charge in [-0.1, -0.05) is 18.2 Å². The zero-order chi connectivity index (χ0) is 21.9. The summed E-state index contributed by atoms with van der Waals surface area (Å²) in [4.78, 5) is 29.6. The van der Waals surface area contributed by atoms with Crippen LogP contribution in [0.2, 0.25) is 0 Å². The summed E-state index contributed by atoms with van der Waals surface area (Å²) in [5.74, 6) is 3.10. The Morgan fingerprint density at radius 2 is 1.84 bits per heavy atom. The van der Waals surface area contributed by atoms with Crippen molar-refractivity contribution in [1.29, 1.82) is 0 Å². The van der Waals surface area contributed by atoms with Crippen LogP contribution in [-0.4, -0.2) is 59.4 Å². The van der Waals surface area contributed by atoms with Crippen molar-refractivity contribution in [1.82, 2.24) is 15.1 Å². The third kappa shape index (κ3) is 3.33. The number of fused-ring (bicyclic) bond motifs is 2. The van der Waals surface area contributed by atoms with E-state index in [4.69, 9.17) is 0 Å². The number of nitrogens with one attached hydrogen (secondary N) is 1. The summed E-state index contributed by atoms with van der Waals surface area (Å²) >= 11 is 0. The highest BCUT2D eigenvalue weighted by Gasteiger charge is 2.70. The smallest absolute Gasteiger partial charge is 0.242 e. The molecule has 1 saturated heterocycles. The van der Waals surface area contributed by atoms with E-state index in [2.05, 4.69) is 10.2 Å². The number of phenolic OH excluding ortho intramolecular Hbond substituents is 1. The molecule has 5 fully saturated rings. The van der Waals surface area contributed by atoms with E-state index in [-0.39, 0.29) is 23.8 Å². The van der Waals surface area contributed by atoms with Gasteiger partial charge in [0.05, 0.1) is 6.54 Å². The van der Waals surface area contributed by atoms with E-state index in [1.165, 1.54) is 38.5 Å². The first-order valence-electron chi connectivity index (χ1n) is 12.5. The van der Waals surface area contributed by atoms with Crippen LogP contribution in [0.1, 0.15) is 50.5 Å². The van der Waals surface area contributed by atoms with Crippen LogP contribution in [0.5, 0.6) is 5.75 Å². The number of hydrogen-bond donors (Lipinski definition) is 2. The van der Waals surface area contributed by atoms with Crippen molar-refractivity contribution in [3.8, 4) is 5.75 Å². The Balaban J connectivity index is 0.963. The number of carbonyl (C=O) groups excluding carboxylic acids is 2. The molecule has 4 saturated carbocycles. The Morgan fingerprint density at radius 1 is 1.03 bits per heavy atom. The van der Waals surface area contributed by atoms with Crippen LogP contribution in [0.3, 0.4) is 0 Å². The minimum atomic E-state index is 0.0203. The number of para-hydroxylation sites is 1. The van der Waals surface area contributed by atoms with Gasteiger partial charge in [-0.25, -0.2) is 0 Å². The predicted molar refractivity (Wildman–Crippen MR) is 121 cm³/mol. The molecule has 172 valence electrons. The lowest BCUT2D eigenvalue weighted by Gasteiger charge is -2.49. The first-order valence-corrected chi connectivity index (χ1v) is 12.5. The minimum absolute atomic E-state index is 0.0203. The molecule has 4 aliphatic carbocycles. The number of aromatic hydroxyl groups is 1. The highest BCUT2D eigenvalue weighted by molar-refractivity contribution is 5.85. The van der Waals surface area contributed by atoms with Crippen molar-refractivity contribution in [2.24, 2.45) is 28.6 Å². The van der Waals surface area contributed by atoms with E-state index >= 15 is 0 Å². The highest BCUT2D eigenvalue weighted by Crippen LogP contribution is 2.79. The molecule has 32 heavy (non-hydrogen) atoms. The summed E-state index contributed by atoms with van der Waals surface area (Å²) in [7, 11) is 0. The molecule has 3 bridgehead atoms. The summed E-state index contributed by atoms with van der Waals surface area (Å²) < 4.78 is 0.